The lowest BCUT2D eigenvalue weighted by molar-refractivity contribution is -0.134. The maximum Gasteiger partial charge on any atom is 0.328 e. The van der Waals surface area contributed by atoms with Crippen LogP contribution in [0.5, 0.6) is 0 Å². The smallest absolute Gasteiger partial charge is 0.328 e. The van der Waals surface area contributed by atoms with Crippen molar-refractivity contribution in [2.24, 2.45) is 0 Å². The van der Waals surface area contributed by atoms with Crippen LogP contribution in [-0.4, -0.2) is 95.3 Å². The minimum absolute atomic E-state index is 0.558. The van der Waals surface area contributed by atoms with Crippen LogP contribution in [0, 0.1) is 0 Å². The zero-order chi connectivity index (χ0) is 29.3. The number of H-pyrrole nitrogens is 1. The SMILES string of the molecule is O=C(O)C=CC(=O)O.O=C(O)C=CC(=O)O.c1ccc(-c2ncc(CN3CCN(c4ncccn4)CC3)[nH]2)cc1. The standard InChI is InChI=1S/C18H20N6.2C4H4O4/c1-2-5-15(6-3-1)17-21-13-16(22-17)14-23-9-11-24(12-10-23)18-19-7-4-8-20-18;2*5-3(6)1-2-4(7)8/h1-8,13H,9-12,14H2,(H,21,22);2*1-2H,(H,5,6)(H,7,8). The highest BCUT2D eigenvalue weighted by Gasteiger charge is 2.19. The average molecular weight is 553 g/mol. The second-order valence-corrected chi connectivity index (χ2v) is 7.95. The number of anilines is 1. The Labute approximate surface area is 228 Å². The zero-order valence-electron chi connectivity index (χ0n) is 21.2. The van der Waals surface area contributed by atoms with Gasteiger partial charge in [0.2, 0.25) is 5.95 Å². The molecule has 1 aromatic carbocycles. The van der Waals surface area contributed by atoms with Crippen LogP contribution in [0.15, 0.2) is 79.3 Å². The lowest BCUT2D eigenvalue weighted by Crippen LogP contribution is -2.46. The van der Waals surface area contributed by atoms with Crippen LogP contribution >= 0.6 is 0 Å². The van der Waals surface area contributed by atoms with Gasteiger partial charge in [-0.05, 0) is 6.07 Å². The summed E-state index contributed by atoms with van der Waals surface area (Å²) in [5, 5.41) is 31.2. The Balaban J connectivity index is 0.000000290. The van der Waals surface area contributed by atoms with Gasteiger partial charge < -0.3 is 30.3 Å². The van der Waals surface area contributed by atoms with E-state index in [2.05, 4.69) is 41.9 Å². The quantitative estimate of drug-likeness (QED) is 0.252. The molecule has 0 saturated carbocycles. The van der Waals surface area contributed by atoms with E-state index in [0.29, 0.717) is 24.3 Å². The molecule has 0 radical (unpaired) electrons. The number of aliphatic carboxylic acids is 4. The van der Waals surface area contributed by atoms with Crippen LogP contribution in [0.2, 0.25) is 0 Å². The van der Waals surface area contributed by atoms with E-state index in [1.165, 1.54) is 0 Å². The Morgan fingerprint density at radius 3 is 1.70 bits per heavy atom. The molecule has 5 N–H and O–H groups in total. The van der Waals surface area contributed by atoms with Crippen molar-refractivity contribution in [3.05, 3.63) is 85.0 Å². The van der Waals surface area contributed by atoms with E-state index in [4.69, 9.17) is 20.4 Å². The van der Waals surface area contributed by atoms with Gasteiger partial charge in [0.15, 0.2) is 0 Å². The number of rotatable bonds is 8. The largest absolute Gasteiger partial charge is 0.478 e. The molecular formula is C26H28N6O8. The van der Waals surface area contributed by atoms with Crippen LogP contribution < -0.4 is 4.90 Å². The first-order valence-electron chi connectivity index (χ1n) is 11.8. The number of nitrogens with one attached hydrogen (secondary N) is 1. The van der Waals surface area contributed by atoms with Gasteiger partial charge in [-0.2, -0.15) is 0 Å². The highest BCUT2D eigenvalue weighted by Crippen LogP contribution is 2.16. The number of hydrogen-bond donors (Lipinski definition) is 5. The molecule has 0 unspecified atom stereocenters. The van der Waals surface area contributed by atoms with Crippen LogP contribution in [-0.2, 0) is 25.7 Å². The van der Waals surface area contributed by atoms with E-state index in [9.17, 15) is 19.2 Å². The third kappa shape index (κ3) is 12.2. The van der Waals surface area contributed by atoms with Crippen molar-refractivity contribution in [3.63, 3.8) is 0 Å². The van der Waals surface area contributed by atoms with Crippen LogP contribution in [0.4, 0.5) is 5.95 Å². The molecule has 0 amide bonds. The van der Waals surface area contributed by atoms with Crippen molar-refractivity contribution in [3.8, 4) is 11.4 Å². The maximum absolute atomic E-state index is 9.55. The number of carboxylic acid groups (broad SMARTS) is 4. The fourth-order valence-corrected chi connectivity index (χ4v) is 3.27. The summed E-state index contributed by atoms with van der Waals surface area (Å²) in [6.45, 7) is 4.78. The molecule has 0 bridgehead atoms. The number of aromatic nitrogens is 4. The lowest BCUT2D eigenvalue weighted by atomic mass is 10.2. The molecule has 40 heavy (non-hydrogen) atoms. The Morgan fingerprint density at radius 2 is 1.23 bits per heavy atom. The fraction of sp³-hybridized carbons (Fsp3) is 0.192. The van der Waals surface area contributed by atoms with Gasteiger partial charge in [0.05, 0.1) is 0 Å². The molecule has 4 rings (SSSR count). The molecule has 1 saturated heterocycles. The number of imidazole rings is 1. The molecule has 2 aromatic heterocycles. The predicted molar refractivity (Wildman–Crippen MR) is 142 cm³/mol. The lowest BCUT2D eigenvalue weighted by Gasteiger charge is -2.34. The van der Waals surface area contributed by atoms with Gasteiger partial charge in [0, 0.05) is 86.9 Å². The Bertz CT molecular complexity index is 1240. The summed E-state index contributed by atoms with van der Waals surface area (Å²) in [7, 11) is 0. The van der Waals surface area contributed by atoms with Crippen molar-refractivity contribution in [2.75, 3.05) is 31.1 Å². The Hall–Kier alpha value is -5.37. The summed E-state index contributed by atoms with van der Waals surface area (Å²) < 4.78 is 0. The number of hydrogen-bond acceptors (Lipinski definition) is 9. The summed E-state index contributed by atoms with van der Waals surface area (Å²) in [5.74, 6) is -3.27. The fourth-order valence-electron chi connectivity index (χ4n) is 3.27. The van der Waals surface area contributed by atoms with Gasteiger partial charge in [-0.25, -0.2) is 34.1 Å². The minimum Gasteiger partial charge on any atom is -0.478 e. The first kappa shape index (κ1) is 30.9. The van der Waals surface area contributed by atoms with Crippen molar-refractivity contribution >= 4 is 29.8 Å². The summed E-state index contributed by atoms with van der Waals surface area (Å²) >= 11 is 0. The molecule has 0 aliphatic carbocycles. The molecular weight excluding hydrogens is 524 g/mol. The van der Waals surface area contributed by atoms with Crippen molar-refractivity contribution in [2.45, 2.75) is 6.54 Å². The topological polar surface area (TPSA) is 210 Å². The summed E-state index contributed by atoms with van der Waals surface area (Å²) in [6, 6.07) is 12.1. The van der Waals surface area contributed by atoms with Crippen molar-refractivity contribution in [1.82, 2.24) is 24.8 Å². The van der Waals surface area contributed by atoms with E-state index in [1.807, 2.05) is 30.5 Å². The highest BCUT2D eigenvalue weighted by molar-refractivity contribution is 5.90. The molecule has 0 spiro atoms. The number of benzene rings is 1. The molecule has 210 valence electrons. The van der Waals surface area contributed by atoms with E-state index >= 15 is 0 Å². The molecule has 3 heterocycles. The van der Waals surface area contributed by atoms with Crippen molar-refractivity contribution in [1.29, 1.82) is 0 Å². The van der Waals surface area contributed by atoms with Crippen LogP contribution in [0.3, 0.4) is 0 Å². The first-order chi connectivity index (χ1) is 19.1. The average Bonchev–Trinajstić information content (AvgIpc) is 3.41. The molecule has 0 atom stereocenters. The van der Waals surface area contributed by atoms with Crippen LogP contribution in [0.1, 0.15) is 5.69 Å². The molecule has 14 heteroatoms. The Morgan fingerprint density at radius 1 is 0.725 bits per heavy atom. The van der Waals surface area contributed by atoms with E-state index in [1.54, 1.807) is 12.4 Å². The number of piperazine rings is 1. The maximum atomic E-state index is 9.55. The van der Waals surface area contributed by atoms with Gasteiger partial charge in [0.1, 0.15) is 5.82 Å². The molecule has 1 fully saturated rings. The number of carbonyl (C=O) groups is 4. The first-order valence-corrected chi connectivity index (χ1v) is 11.8. The van der Waals surface area contributed by atoms with E-state index in [0.717, 1.165) is 55.8 Å². The second-order valence-electron chi connectivity index (χ2n) is 7.95. The van der Waals surface area contributed by atoms with Crippen molar-refractivity contribution < 1.29 is 39.6 Å². The number of nitrogens with zero attached hydrogens (tertiary/aromatic N) is 5. The monoisotopic (exact) mass is 552 g/mol. The summed E-state index contributed by atoms with van der Waals surface area (Å²) in [6.07, 6.45) is 7.76. The zero-order valence-corrected chi connectivity index (χ0v) is 21.2. The number of aromatic amines is 1. The molecule has 3 aromatic rings. The highest BCUT2D eigenvalue weighted by atomic mass is 16.4. The van der Waals surface area contributed by atoms with E-state index < -0.39 is 23.9 Å². The minimum atomic E-state index is -1.26. The predicted octanol–water partition coefficient (Wildman–Crippen LogP) is 1.61. The van der Waals surface area contributed by atoms with Gasteiger partial charge in [-0.1, -0.05) is 30.3 Å². The third-order valence-corrected chi connectivity index (χ3v) is 5.01. The molecule has 14 nitrogen and oxygen atoms in total. The van der Waals surface area contributed by atoms with Gasteiger partial charge in [-0.15, -0.1) is 0 Å². The molecule has 1 aliphatic rings. The number of carboxylic acids is 4. The molecule has 1 aliphatic heterocycles. The summed E-state index contributed by atoms with van der Waals surface area (Å²) in [4.78, 5) is 59.5. The van der Waals surface area contributed by atoms with E-state index in [-0.39, 0.29) is 0 Å². The summed E-state index contributed by atoms with van der Waals surface area (Å²) in [5.41, 5.74) is 2.27. The van der Waals surface area contributed by atoms with Gasteiger partial charge in [-0.3, -0.25) is 4.90 Å². The van der Waals surface area contributed by atoms with Crippen LogP contribution in [0.25, 0.3) is 11.4 Å². The van der Waals surface area contributed by atoms with Gasteiger partial charge >= 0.3 is 23.9 Å². The van der Waals surface area contributed by atoms with Gasteiger partial charge in [0.25, 0.3) is 0 Å². The second kappa shape index (κ2) is 16.5. The normalized spacial score (nSPS) is 13.2. The Kier molecular flexibility index (Phi) is 12.7. The third-order valence-electron chi connectivity index (χ3n) is 5.01.